The van der Waals surface area contributed by atoms with E-state index in [0.717, 1.165) is 23.6 Å². The van der Waals surface area contributed by atoms with Gasteiger partial charge in [0.05, 0.1) is 5.69 Å². The topological polar surface area (TPSA) is 105 Å². The van der Waals surface area contributed by atoms with Gasteiger partial charge in [0.1, 0.15) is 24.5 Å². The molecule has 2 N–H and O–H groups in total. The Bertz CT molecular complexity index is 1070. The molecule has 0 radical (unpaired) electrons. The molecule has 0 spiro atoms. The van der Waals surface area contributed by atoms with E-state index in [1.807, 2.05) is 0 Å². The number of hydrogen-bond acceptors (Lipinski definition) is 5. The van der Waals surface area contributed by atoms with Crippen molar-refractivity contribution >= 4 is 21.8 Å². The van der Waals surface area contributed by atoms with Gasteiger partial charge >= 0.3 is 10.2 Å². The second kappa shape index (κ2) is 6.40. The van der Waals surface area contributed by atoms with Crippen LogP contribution in [-0.4, -0.2) is 42.2 Å². The van der Waals surface area contributed by atoms with Crippen molar-refractivity contribution in [3.8, 4) is 17.0 Å². The fourth-order valence-corrected chi connectivity index (χ4v) is 4.35. The maximum absolute atomic E-state index is 15.2. The molecule has 1 aliphatic heterocycles. The van der Waals surface area contributed by atoms with Gasteiger partial charge < -0.3 is 5.11 Å². The van der Waals surface area contributed by atoms with E-state index in [0.29, 0.717) is 10.00 Å². The van der Waals surface area contributed by atoms with Crippen LogP contribution in [0, 0.1) is 5.82 Å². The number of nitrogens with zero attached hydrogens (tertiary/aromatic N) is 3. The predicted molar refractivity (Wildman–Crippen MR) is 91.7 cm³/mol. The maximum Gasteiger partial charge on any atom is 0.326 e. The molecule has 28 heavy (non-hydrogen) atoms. The summed E-state index contributed by atoms with van der Waals surface area (Å²) in [5, 5.41) is 14.1. The van der Waals surface area contributed by atoms with E-state index in [9.17, 15) is 27.1 Å². The third-order valence-corrected chi connectivity index (χ3v) is 5.94. The lowest BCUT2D eigenvalue weighted by Crippen LogP contribution is -2.30. The number of hydrogen-bond donors (Lipinski definition) is 2. The number of rotatable bonds is 5. The van der Waals surface area contributed by atoms with Crippen molar-refractivity contribution in [2.45, 2.75) is 31.7 Å². The van der Waals surface area contributed by atoms with Gasteiger partial charge in [-0.25, -0.2) is 22.2 Å². The summed E-state index contributed by atoms with van der Waals surface area (Å²) in [7, 11) is -4.35. The number of halogens is 3. The number of alkyl halides is 2. The number of amides is 1. The van der Waals surface area contributed by atoms with Crippen LogP contribution in [0.25, 0.3) is 11.3 Å². The Balaban J connectivity index is 1.81. The normalized spacial score (nSPS) is 18.7. The van der Waals surface area contributed by atoms with E-state index in [1.165, 1.54) is 12.1 Å². The fraction of sp³-hybridized carbons (Fsp3) is 0.375. The average Bonchev–Trinajstić information content (AvgIpc) is 3.28. The molecular weight excluding hydrogens is 401 g/mol. The molecule has 0 atom stereocenters. The van der Waals surface area contributed by atoms with E-state index in [1.54, 1.807) is 4.72 Å². The summed E-state index contributed by atoms with van der Waals surface area (Å²) in [4.78, 5) is 11.4. The summed E-state index contributed by atoms with van der Waals surface area (Å²) in [5.41, 5.74) is -0.281. The van der Waals surface area contributed by atoms with E-state index < -0.39 is 52.9 Å². The van der Waals surface area contributed by atoms with Crippen molar-refractivity contribution in [1.29, 1.82) is 0 Å². The lowest BCUT2D eigenvalue weighted by Gasteiger charge is -2.18. The van der Waals surface area contributed by atoms with Gasteiger partial charge in [0, 0.05) is 17.2 Å². The highest BCUT2D eigenvalue weighted by Gasteiger charge is 2.38. The van der Waals surface area contributed by atoms with Crippen LogP contribution in [0.5, 0.6) is 5.75 Å². The Morgan fingerprint density at radius 3 is 2.61 bits per heavy atom. The Labute approximate surface area is 157 Å². The average molecular weight is 416 g/mol. The quantitative estimate of drug-likeness (QED) is 0.772. The number of phenols is 1. The Morgan fingerprint density at radius 1 is 1.32 bits per heavy atom. The first kappa shape index (κ1) is 18.6. The first-order valence-electron chi connectivity index (χ1n) is 8.38. The molecule has 1 saturated heterocycles. The van der Waals surface area contributed by atoms with Gasteiger partial charge in [-0.1, -0.05) is 0 Å². The Kier molecular flexibility index (Phi) is 4.25. The summed E-state index contributed by atoms with van der Waals surface area (Å²) in [5.74, 6) is -2.61. The highest BCUT2D eigenvalue weighted by molar-refractivity contribution is 7.92. The molecule has 150 valence electrons. The minimum Gasteiger partial charge on any atom is -0.506 e. The smallest absolute Gasteiger partial charge is 0.326 e. The van der Waals surface area contributed by atoms with Crippen LogP contribution >= 0.6 is 0 Å². The molecule has 2 aromatic rings. The van der Waals surface area contributed by atoms with Crippen LogP contribution in [0.2, 0.25) is 0 Å². The third kappa shape index (κ3) is 3.17. The second-order valence-corrected chi connectivity index (χ2v) is 8.23. The van der Waals surface area contributed by atoms with Gasteiger partial charge in [0.25, 0.3) is 12.3 Å². The number of aromatic hydroxyl groups is 1. The molecule has 2 heterocycles. The molecule has 1 amide bonds. The molecule has 2 fully saturated rings. The summed E-state index contributed by atoms with van der Waals surface area (Å²) >= 11 is 0. The third-order valence-electron chi connectivity index (χ3n) is 4.56. The van der Waals surface area contributed by atoms with Gasteiger partial charge in [0.2, 0.25) is 0 Å². The van der Waals surface area contributed by atoms with Crippen molar-refractivity contribution in [2.75, 3.05) is 10.8 Å². The SMILES string of the molecule is O=C1CN(c2c(O)ccc(-c3cc(C4CC4)n(CC(F)F)n3)c2F)S(=O)(=O)N1. The molecule has 1 aromatic carbocycles. The highest BCUT2D eigenvalue weighted by atomic mass is 32.2. The molecule has 0 unspecified atom stereocenters. The van der Waals surface area contributed by atoms with E-state index >= 15 is 4.39 Å². The number of nitrogens with one attached hydrogen (secondary N) is 1. The minimum atomic E-state index is -4.35. The van der Waals surface area contributed by atoms with Gasteiger partial charge in [-0.3, -0.25) is 9.48 Å². The van der Waals surface area contributed by atoms with Crippen molar-refractivity contribution in [3.63, 3.8) is 0 Å². The molecule has 1 aliphatic carbocycles. The fourth-order valence-electron chi connectivity index (χ4n) is 3.18. The number of phenolic OH excluding ortho intramolecular Hbond substituents is 1. The lowest BCUT2D eigenvalue weighted by atomic mass is 10.1. The largest absolute Gasteiger partial charge is 0.506 e. The molecule has 1 saturated carbocycles. The van der Waals surface area contributed by atoms with Crippen molar-refractivity contribution in [1.82, 2.24) is 14.5 Å². The van der Waals surface area contributed by atoms with Crippen LogP contribution in [-0.2, 0) is 21.5 Å². The van der Waals surface area contributed by atoms with E-state index in [4.69, 9.17) is 0 Å². The van der Waals surface area contributed by atoms with Crippen molar-refractivity contribution < 1.29 is 31.5 Å². The summed E-state index contributed by atoms with van der Waals surface area (Å²) in [6.07, 6.45) is -1.01. The number of anilines is 1. The van der Waals surface area contributed by atoms with Gasteiger partial charge in [-0.15, -0.1) is 0 Å². The van der Waals surface area contributed by atoms with Gasteiger partial charge in [-0.2, -0.15) is 13.5 Å². The van der Waals surface area contributed by atoms with E-state index in [-0.39, 0.29) is 17.2 Å². The van der Waals surface area contributed by atoms with Crippen LogP contribution in [0.4, 0.5) is 18.9 Å². The summed E-state index contributed by atoms with van der Waals surface area (Å²) in [6.45, 7) is -1.33. The molecule has 8 nitrogen and oxygen atoms in total. The standard InChI is InChI=1S/C16H15F3N4O4S/c17-13(18)6-22-11(8-1-2-8)5-10(20-22)9-3-4-12(24)16(15(9)19)23-7-14(25)21-28(23,26)27/h3-5,8,13,24H,1-2,6-7H2,(H,21,25). The highest BCUT2D eigenvalue weighted by Crippen LogP contribution is 2.43. The van der Waals surface area contributed by atoms with E-state index in [2.05, 4.69) is 5.10 Å². The van der Waals surface area contributed by atoms with Crippen LogP contribution < -0.4 is 9.03 Å². The molecule has 12 heteroatoms. The molecular formula is C16H15F3N4O4S. The lowest BCUT2D eigenvalue weighted by molar-refractivity contribution is -0.117. The Hall–Kier alpha value is -2.76. The monoisotopic (exact) mass is 416 g/mol. The zero-order valence-electron chi connectivity index (χ0n) is 14.3. The summed E-state index contributed by atoms with van der Waals surface area (Å²) < 4.78 is 68.1. The zero-order chi connectivity index (χ0) is 20.2. The minimum absolute atomic E-state index is 0.0391. The van der Waals surface area contributed by atoms with Crippen LogP contribution in [0.3, 0.4) is 0 Å². The number of carbonyl (C=O) groups excluding carboxylic acids is 1. The van der Waals surface area contributed by atoms with Gasteiger partial charge in [0.15, 0.2) is 5.82 Å². The number of benzene rings is 1. The molecule has 4 rings (SSSR count). The predicted octanol–water partition coefficient (Wildman–Crippen LogP) is 1.72. The zero-order valence-corrected chi connectivity index (χ0v) is 15.1. The first-order chi connectivity index (χ1) is 13.2. The van der Waals surface area contributed by atoms with Crippen molar-refractivity contribution in [3.05, 3.63) is 29.7 Å². The maximum atomic E-state index is 15.2. The molecule has 0 bridgehead atoms. The molecule has 1 aromatic heterocycles. The van der Waals surface area contributed by atoms with Crippen molar-refractivity contribution in [2.24, 2.45) is 0 Å². The summed E-state index contributed by atoms with van der Waals surface area (Å²) in [6, 6.07) is 3.73. The van der Waals surface area contributed by atoms with Crippen LogP contribution in [0.1, 0.15) is 24.5 Å². The Morgan fingerprint density at radius 2 is 2.04 bits per heavy atom. The first-order valence-corrected chi connectivity index (χ1v) is 9.82. The van der Waals surface area contributed by atoms with Crippen LogP contribution in [0.15, 0.2) is 18.2 Å². The second-order valence-electron chi connectivity index (χ2n) is 6.63. The number of aromatic nitrogens is 2. The van der Waals surface area contributed by atoms with Gasteiger partial charge in [-0.05, 0) is 31.0 Å². The number of carbonyl (C=O) groups is 1. The molecule has 2 aliphatic rings.